The largest absolute Gasteiger partial charge is 0.396 e. The second kappa shape index (κ2) is 7.03. The van der Waals surface area contributed by atoms with Crippen LogP contribution in [0.15, 0.2) is 15.2 Å². The number of thioether (sulfide) groups is 1. The Hall–Kier alpha value is -0.420. The van der Waals surface area contributed by atoms with Gasteiger partial charge in [-0.15, -0.1) is 5.11 Å². The van der Waals surface area contributed by atoms with Crippen molar-refractivity contribution in [2.24, 2.45) is 21.1 Å². The molecule has 0 rings (SSSR count). The first-order valence-electron chi connectivity index (χ1n) is 4.18. The zero-order valence-corrected chi connectivity index (χ0v) is 9.38. The molecule has 0 amide bonds. The number of hydrogen-bond acceptors (Lipinski definition) is 4. The molecule has 0 aliphatic rings. The van der Waals surface area contributed by atoms with E-state index in [1.54, 1.807) is 7.05 Å². The zero-order chi connectivity index (χ0) is 10.3. The molecule has 1 N–H and O–H groups in total. The molecule has 2 atom stereocenters. The van der Waals surface area contributed by atoms with E-state index in [1.165, 1.54) is 11.8 Å². The van der Waals surface area contributed by atoms with Gasteiger partial charge in [0.15, 0.2) is 0 Å². The topological polar surface area (TPSA) is 57.3 Å². The van der Waals surface area contributed by atoms with Crippen molar-refractivity contribution in [2.75, 3.05) is 19.9 Å². The molecule has 0 heterocycles. The lowest BCUT2D eigenvalue weighted by Crippen LogP contribution is -2.16. The smallest absolute Gasteiger partial charge is 0.204 e. The maximum absolute atomic E-state index is 8.89. The van der Waals surface area contributed by atoms with Crippen molar-refractivity contribution in [3.8, 4) is 0 Å². The summed E-state index contributed by atoms with van der Waals surface area (Å²) in [4.78, 5) is 4.31. The summed E-state index contributed by atoms with van der Waals surface area (Å²) in [7, 11) is 1.62. The Morgan fingerprint density at radius 3 is 2.46 bits per heavy atom. The highest BCUT2D eigenvalue weighted by molar-refractivity contribution is 8.13. The van der Waals surface area contributed by atoms with E-state index in [2.05, 4.69) is 15.2 Å². The fourth-order valence-corrected chi connectivity index (χ4v) is 1.09. The van der Waals surface area contributed by atoms with Crippen molar-refractivity contribution >= 4 is 16.9 Å². The van der Waals surface area contributed by atoms with Gasteiger partial charge in [-0.25, -0.2) is 0 Å². The number of aliphatic hydroxyl groups is 1. The molecule has 0 spiro atoms. The number of hydrogen-bond donors (Lipinski definition) is 1. The van der Waals surface area contributed by atoms with Crippen LogP contribution in [-0.4, -0.2) is 36.2 Å². The van der Waals surface area contributed by atoms with Gasteiger partial charge >= 0.3 is 0 Å². The Balaban J connectivity index is 4.31. The van der Waals surface area contributed by atoms with Crippen LogP contribution in [0.1, 0.15) is 13.8 Å². The van der Waals surface area contributed by atoms with Gasteiger partial charge in [0.05, 0.1) is 6.04 Å². The molecule has 0 saturated heterocycles. The molecule has 76 valence electrons. The van der Waals surface area contributed by atoms with Crippen molar-refractivity contribution in [3.05, 3.63) is 0 Å². The van der Waals surface area contributed by atoms with Crippen LogP contribution in [0.5, 0.6) is 0 Å². The van der Waals surface area contributed by atoms with Crippen molar-refractivity contribution < 1.29 is 5.11 Å². The third kappa shape index (κ3) is 5.00. The van der Waals surface area contributed by atoms with Gasteiger partial charge in [0.25, 0.3) is 0 Å². The lowest BCUT2D eigenvalue weighted by molar-refractivity contribution is 0.222. The number of aliphatic hydroxyl groups excluding tert-OH is 1. The third-order valence-electron chi connectivity index (χ3n) is 1.79. The Morgan fingerprint density at radius 2 is 2.08 bits per heavy atom. The van der Waals surface area contributed by atoms with Crippen LogP contribution in [0.25, 0.3) is 0 Å². The lowest BCUT2D eigenvalue weighted by atomic mass is 10.1. The molecule has 0 aromatic heterocycles. The minimum atomic E-state index is 0.0814. The first kappa shape index (κ1) is 12.6. The molecule has 0 aliphatic carbocycles. The van der Waals surface area contributed by atoms with Gasteiger partial charge in [-0.1, -0.05) is 18.7 Å². The molecule has 5 heteroatoms. The minimum Gasteiger partial charge on any atom is -0.396 e. The van der Waals surface area contributed by atoms with Gasteiger partial charge in [-0.05, 0) is 13.2 Å². The van der Waals surface area contributed by atoms with Crippen molar-refractivity contribution in [1.82, 2.24) is 0 Å². The Labute approximate surface area is 83.6 Å². The standard InChI is InChI=1S/C8H17N3OS/c1-6(5-12)7(2)10-8(13-4)11-9-3/h6-7,12H,5H2,1-4H3/t6-,7?/m0/s1. The predicted octanol–water partition coefficient (Wildman–Crippen LogP) is 1.80. The number of aliphatic imine (C=N–C) groups is 1. The van der Waals surface area contributed by atoms with Gasteiger partial charge in [0, 0.05) is 19.6 Å². The molecule has 4 nitrogen and oxygen atoms in total. The Morgan fingerprint density at radius 1 is 1.46 bits per heavy atom. The maximum atomic E-state index is 8.89. The number of amidine groups is 1. The van der Waals surface area contributed by atoms with Crippen LogP contribution in [0.2, 0.25) is 0 Å². The van der Waals surface area contributed by atoms with E-state index in [-0.39, 0.29) is 18.6 Å². The molecule has 0 fully saturated rings. The zero-order valence-electron chi connectivity index (χ0n) is 8.56. The number of azo groups is 1. The van der Waals surface area contributed by atoms with Gasteiger partial charge in [-0.2, -0.15) is 5.11 Å². The SMILES string of the molecule is CN=NC(=NC(C)[C@@H](C)CO)SC. The van der Waals surface area contributed by atoms with Crippen LogP contribution in [0.4, 0.5) is 0 Å². The van der Waals surface area contributed by atoms with Crippen LogP contribution in [0, 0.1) is 5.92 Å². The van der Waals surface area contributed by atoms with Gasteiger partial charge in [-0.3, -0.25) is 4.99 Å². The predicted molar refractivity (Wildman–Crippen MR) is 57.4 cm³/mol. The number of nitrogens with zero attached hydrogens (tertiary/aromatic N) is 3. The molecule has 13 heavy (non-hydrogen) atoms. The highest BCUT2D eigenvalue weighted by atomic mass is 32.2. The van der Waals surface area contributed by atoms with Gasteiger partial charge in [0.1, 0.15) is 0 Å². The molecule has 0 saturated carbocycles. The van der Waals surface area contributed by atoms with E-state index in [4.69, 9.17) is 5.11 Å². The normalized spacial score (nSPS) is 17.8. The van der Waals surface area contributed by atoms with E-state index in [1.807, 2.05) is 20.1 Å². The average Bonchev–Trinajstić information content (AvgIpc) is 2.15. The molecule has 0 radical (unpaired) electrons. The Kier molecular flexibility index (Phi) is 6.80. The van der Waals surface area contributed by atoms with E-state index in [0.29, 0.717) is 5.17 Å². The van der Waals surface area contributed by atoms with Crippen molar-refractivity contribution in [1.29, 1.82) is 0 Å². The van der Waals surface area contributed by atoms with E-state index < -0.39 is 0 Å². The van der Waals surface area contributed by atoms with Crippen LogP contribution >= 0.6 is 11.8 Å². The van der Waals surface area contributed by atoms with Gasteiger partial charge < -0.3 is 5.11 Å². The first-order chi connectivity index (χ1) is 6.15. The summed E-state index contributed by atoms with van der Waals surface area (Å²) in [5, 5.41) is 17.1. The lowest BCUT2D eigenvalue weighted by Gasteiger charge is -2.12. The summed E-state index contributed by atoms with van der Waals surface area (Å²) in [5.41, 5.74) is 0. The summed E-state index contributed by atoms with van der Waals surface area (Å²) >= 11 is 1.46. The molecule has 0 aliphatic heterocycles. The summed E-state index contributed by atoms with van der Waals surface area (Å²) in [6.07, 6.45) is 1.91. The second-order valence-electron chi connectivity index (χ2n) is 2.82. The highest BCUT2D eigenvalue weighted by Gasteiger charge is 2.10. The molecule has 1 unspecified atom stereocenters. The van der Waals surface area contributed by atoms with Crippen molar-refractivity contribution in [2.45, 2.75) is 19.9 Å². The fraction of sp³-hybridized carbons (Fsp3) is 0.875. The number of rotatable bonds is 3. The first-order valence-corrected chi connectivity index (χ1v) is 5.40. The monoisotopic (exact) mass is 203 g/mol. The van der Waals surface area contributed by atoms with Crippen LogP contribution < -0.4 is 0 Å². The van der Waals surface area contributed by atoms with E-state index >= 15 is 0 Å². The summed E-state index contributed by atoms with van der Waals surface area (Å²) in [6.45, 7) is 4.06. The molecule has 0 bridgehead atoms. The fourth-order valence-electron chi connectivity index (χ4n) is 0.659. The quantitative estimate of drug-likeness (QED) is 0.432. The molecule has 0 aromatic carbocycles. The van der Waals surface area contributed by atoms with E-state index in [9.17, 15) is 0 Å². The molecular weight excluding hydrogens is 186 g/mol. The highest BCUT2D eigenvalue weighted by Crippen LogP contribution is 2.10. The Bertz CT molecular complexity index is 194. The summed E-state index contributed by atoms with van der Waals surface area (Å²) in [6, 6.07) is 0.0814. The van der Waals surface area contributed by atoms with Gasteiger partial charge in [0.2, 0.25) is 5.17 Å². The minimum absolute atomic E-state index is 0.0814. The molecular formula is C8H17N3OS. The van der Waals surface area contributed by atoms with Crippen LogP contribution in [0.3, 0.4) is 0 Å². The second-order valence-corrected chi connectivity index (χ2v) is 3.59. The molecule has 0 aromatic rings. The van der Waals surface area contributed by atoms with E-state index in [0.717, 1.165) is 0 Å². The van der Waals surface area contributed by atoms with Crippen LogP contribution in [-0.2, 0) is 0 Å². The summed E-state index contributed by atoms with van der Waals surface area (Å²) in [5.74, 6) is 0.161. The summed E-state index contributed by atoms with van der Waals surface area (Å²) < 4.78 is 0. The van der Waals surface area contributed by atoms with Crippen molar-refractivity contribution in [3.63, 3.8) is 0 Å². The third-order valence-corrected chi connectivity index (χ3v) is 2.35. The average molecular weight is 203 g/mol. The maximum Gasteiger partial charge on any atom is 0.204 e.